The average Bonchev–Trinajstić information content (AvgIpc) is 3.17. The van der Waals surface area contributed by atoms with Gasteiger partial charge in [-0.1, -0.05) is 121 Å². The molecule has 0 saturated carbocycles. The van der Waals surface area contributed by atoms with E-state index >= 15 is 0 Å². The van der Waals surface area contributed by atoms with Crippen LogP contribution in [0.2, 0.25) is 0 Å². The minimum Gasteiger partial charge on any atom is -0.506 e. The largest absolute Gasteiger partial charge is 0.506 e. The first-order valence-corrected chi connectivity index (χ1v) is 15.3. The first-order valence-electron chi connectivity index (χ1n) is 15.3. The van der Waals surface area contributed by atoms with E-state index < -0.39 is 0 Å². The number of para-hydroxylation sites is 4. The van der Waals surface area contributed by atoms with Crippen LogP contribution in [0.5, 0.6) is 11.5 Å². The predicted octanol–water partition coefficient (Wildman–Crippen LogP) is 10.2. The van der Waals surface area contributed by atoms with Gasteiger partial charge in [-0.2, -0.15) is 10.2 Å². The lowest BCUT2D eigenvalue weighted by Crippen LogP contribution is -2.01. The molecule has 0 amide bonds. The van der Waals surface area contributed by atoms with Crippen molar-refractivity contribution in [1.82, 2.24) is 0 Å². The molecule has 6 aromatic rings. The molecule has 0 aromatic heterocycles. The maximum Gasteiger partial charge on any atom is 0.201 e. The normalized spacial score (nSPS) is 11.5. The van der Waals surface area contributed by atoms with Gasteiger partial charge in [-0.25, -0.2) is 0 Å². The average molecular weight is 647 g/mol. The van der Waals surface area contributed by atoms with Crippen molar-refractivity contribution in [3.05, 3.63) is 181 Å². The second-order valence-electron chi connectivity index (χ2n) is 10.1. The molecule has 10 heteroatoms. The van der Waals surface area contributed by atoms with Crippen LogP contribution in [-0.4, -0.2) is 23.9 Å². The van der Waals surface area contributed by atoms with Gasteiger partial charge in [0.25, 0.3) is 0 Å². The lowest BCUT2D eigenvalue weighted by molar-refractivity contribution is 0.416. The zero-order chi connectivity index (χ0) is 33.9. The van der Waals surface area contributed by atoms with Crippen LogP contribution in [0.4, 0.5) is 22.7 Å². The molecule has 0 aliphatic heterocycles. The summed E-state index contributed by atoms with van der Waals surface area (Å²) >= 11 is 0. The number of aromatic hydroxyl groups is 1. The topological polar surface area (TPSA) is 128 Å². The molecule has 0 unspecified atom stereocenters. The molecule has 0 aliphatic rings. The van der Waals surface area contributed by atoms with E-state index in [1.165, 1.54) is 0 Å². The van der Waals surface area contributed by atoms with Gasteiger partial charge in [0.2, 0.25) is 11.7 Å². The second-order valence-corrected chi connectivity index (χ2v) is 10.1. The van der Waals surface area contributed by atoms with Crippen molar-refractivity contribution < 1.29 is 9.84 Å². The Labute approximate surface area is 284 Å². The van der Waals surface area contributed by atoms with Gasteiger partial charge in [-0.3, -0.25) is 10.9 Å². The number of methoxy groups -OCH3 is 1. The number of amidine groups is 2. The van der Waals surface area contributed by atoms with Crippen LogP contribution in [-0.2, 0) is 0 Å². The van der Waals surface area contributed by atoms with Crippen molar-refractivity contribution in [2.75, 3.05) is 18.0 Å². The molecule has 0 fully saturated rings. The fraction of sp³-hybridized carbons (Fsp3) is 0.0256. The van der Waals surface area contributed by atoms with Gasteiger partial charge in [-0.15, -0.1) is 20.5 Å². The molecule has 6 aromatic carbocycles. The third-order valence-corrected chi connectivity index (χ3v) is 6.67. The summed E-state index contributed by atoms with van der Waals surface area (Å²) in [5, 5.41) is 35.4. The number of hydrogen-bond acceptors (Lipinski definition) is 8. The van der Waals surface area contributed by atoms with Crippen LogP contribution in [0.1, 0.15) is 11.1 Å². The van der Waals surface area contributed by atoms with Gasteiger partial charge < -0.3 is 9.84 Å². The van der Waals surface area contributed by atoms with Gasteiger partial charge in [0.05, 0.1) is 18.5 Å². The Balaban J connectivity index is 0.000000191. The first kappa shape index (κ1) is 33.4. The lowest BCUT2D eigenvalue weighted by Gasteiger charge is -2.04. The molecule has 0 radical (unpaired) electrons. The number of nitrogens with zero attached hydrogens (tertiary/aromatic N) is 6. The Kier molecular flexibility index (Phi) is 12.5. The Morgan fingerprint density at radius 3 is 1.33 bits per heavy atom. The lowest BCUT2D eigenvalue weighted by atomic mass is 10.2. The van der Waals surface area contributed by atoms with E-state index in [1.807, 2.05) is 146 Å². The molecule has 0 atom stereocenters. The summed E-state index contributed by atoms with van der Waals surface area (Å²) in [5.41, 5.74) is 10.4. The third-order valence-electron chi connectivity index (χ3n) is 6.67. The van der Waals surface area contributed by atoms with E-state index in [9.17, 15) is 5.11 Å². The zero-order valence-electron chi connectivity index (χ0n) is 26.7. The highest BCUT2D eigenvalue weighted by molar-refractivity contribution is 6.00. The molecule has 242 valence electrons. The summed E-state index contributed by atoms with van der Waals surface area (Å²) in [6.07, 6.45) is 0. The van der Waals surface area contributed by atoms with Crippen LogP contribution in [0.15, 0.2) is 201 Å². The third kappa shape index (κ3) is 10.5. The number of hydrogen-bond donors (Lipinski definition) is 3. The van der Waals surface area contributed by atoms with E-state index in [0.717, 1.165) is 22.5 Å². The molecule has 0 aliphatic carbocycles. The zero-order valence-corrected chi connectivity index (χ0v) is 26.7. The van der Waals surface area contributed by atoms with Gasteiger partial charge in [-0.05, 0) is 48.5 Å². The van der Waals surface area contributed by atoms with Crippen LogP contribution < -0.4 is 15.6 Å². The SMILES string of the molecule is COc1ccccc1N=NC(=NNc1ccccc1)c1ccccc1.Oc1ccccc1N=NC(=NNc1ccccc1)c1ccccc1. The number of nitrogens with one attached hydrogen (secondary N) is 2. The van der Waals surface area contributed by atoms with Crippen molar-refractivity contribution in [3.63, 3.8) is 0 Å². The molecular formula is C39H34N8O2. The minimum atomic E-state index is 0.0738. The van der Waals surface area contributed by atoms with E-state index in [1.54, 1.807) is 31.4 Å². The number of anilines is 2. The molecule has 0 heterocycles. The Morgan fingerprint density at radius 2 is 0.857 bits per heavy atom. The number of hydrazone groups is 2. The number of rotatable bonds is 9. The van der Waals surface area contributed by atoms with Gasteiger partial charge in [0, 0.05) is 11.1 Å². The van der Waals surface area contributed by atoms with Crippen molar-refractivity contribution in [2.45, 2.75) is 0 Å². The summed E-state index contributed by atoms with van der Waals surface area (Å²) in [5.74, 6) is 1.64. The molecule has 10 nitrogen and oxygen atoms in total. The maximum atomic E-state index is 9.79. The standard InChI is InChI=1S/C20H18N4O.C19H16N4O/c1-25-19-15-9-8-14-18(19)22-24-20(16-10-4-2-5-11-16)23-21-17-12-6-3-7-13-17;24-18-14-8-7-13-17(18)21-23-19(15-9-3-1-4-10-15)22-20-16-11-5-2-6-12-16/h2-15,21H,1H3;1-14,20,24H. The highest BCUT2D eigenvalue weighted by Gasteiger charge is 2.06. The number of benzene rings is 6. The highest BCUT2D eigenvalue weighted by atomic mass is 16.5. The number of azo groups is 2. The monoisotopic (exact) mass is 646 g/mol. The summed E-state index contributed by atoms with van der Waals surface area (Å²) in [4.78, 5) is 0. The molecule has 49 heavy (non-hydrogen) atoms. The van der Waals surface area contributed by atoms with E-state index in [0.29, 0.717) is 28.8 Å². The van der Waals surface area contributed by atoms with Crippen molar-refractivity contribution in [2.24, 2.45) is 30.7 Å². The maximum absolute atomic E-state index is 9.79. The van der Waals surface area contributed by atoms with Gasteiger partial charge in [0.15, 0.2) is 0 Å². The van der Waals surface area contributed by atoms with E-state index in [-0.39, 0.29) is 5.75 Å². The molecule has 0 spiro atoms. The molecule has 0 saturated heterocycles. The Morgan fingerprint density at radius 1 is 0.469 bits per heavy atom. The van der Waals surface area contributed by atoms with Crippen molar-refractivity contribution >= 4 is 34.4 Å². The predicted molar refractivity (Wildman–Crippen MR) is 196 cm³/mol. The van der Waals surface area contributed by atoms with Gasteiger partial charge >= 0.3 is 0 Å². The molecule has 0 bridgehead atoms. The first-order chi connectivity index (χ1) is 24.2. The molecule has 3 N–H and O–H groups in total. The van der Waals surface area contributed by atoms with Crippen molar-refractivity contribution in [1.29, 1.82) is 0 Å². The summed E-state index contributed by atoms with van der Waals surface area (Å²) < 4.78 is 5.30. The fourth-order valence-corrected chi connectivity index (χ4v) is 4.19. The van der Waals surface area contributed by atoms with Crippen LogP contribution >= 0.6 is 0 Å². The quantitative estimate of drug-likeness (QED) is 0.0625. The number of ether oxygens (including phenoxy) is 1. The minimum absolute atomic E-state index is 0.0738. The Hall–Kier alpha value is -6.94. The summed E-state index contributed by atoms with van der Waals surface area (Å²) in [7, 11) is 1.61. The van der Waals surface area contributed by atoms with Crippen LogP contribution in [0.3, 0.4) is 0 Å². The van der Waals surface area contributed by atoms with E-state index in [4.69, 9.17) is 4.74 Å². The summed E-state index contributed by atoms with van der Waals surface area (Å²) in [6.45, 7) is 0. The molecule has 6 rings (SSSR count). The second kappa shape index (κ2) is 18.3. The highest BCUT2D eigenvalue weighted by Crippen LogP contribution is 2.27. The fourth-order valence-electron chi connectivity index (χ4n) is 4.19. The smallest absolute Gasteiger partial charge is 0.201 e. The van der Waals surface area contributed by atoms with Crippen LogP contribution in [0, 0.1) is 0 Å². The Bertz CT molecular complexity index is 2000. The van der Waals surface area contributed by atoms with Gasteiger partial charge in [0.1, 0.15) is 22.9 Å². The number of phenolic OH excluding ortho intramolecular Hbond substituents is 1. The van der Waals surface area contributed by atoms with E-state index in [2.05, 4.69) is 41.5 Å². The number of phenols is 1. The molecular weight excluding hydrogens is 612 g/mol. The van der Waals surface area contributed by atoms with Crippen LogP contribution in [0.25, 0.3) is 0 Å². The summed E-state index contributed by atoms with van der Waals surface area (Å²) in [6, 6.07) is 52.8. The van der Waals surface area contributed by atoms with Crippen molar-refractivity contribution in [3.8, 4) is 11.5 Å².